The minimum atomic E-state index is -4.07. The van der Waals surface area contributed by atoms with Gasteiger partial charge in [-0.15, -0.1) is 0 Å². The van der Waals surface area contributed by atoms with Crippen molar-refractivity contribution in [2.75, 3.05) is 39.3 Å². The molecule has 124 valence electrons. The number of hydrogen-bond donors (Lipinski definition) is 1. The number of halogens is 3. The Morgan fingerprint density at radius 2 is 1.71 bits per heavy atom. The zero-order chi connectivity index (χ0) is 15.3. The maximum absolute atomic E-state index is 12.4. The molecule has 0 aromatic rings. The van der Waals surface area contributed by atoms with Crippen molar-refractivity contribution in [3.8, 4) is 0 Å². The van der Waals surface area contributed by atoms with E-state index in [-0.39, 0.29) is 0 Å². The van der Waals surface area contributed by atoms with Crippen LogP contribution in [-0.2, 0) is 0 Å². The van der Waals surface area contributed by atoms with Gasteiger partial charge in [-0.25, -0.2) is 0 Å². The van der Waals surface area contributed by atoms with Gasteiger partial charge < -0.3 is 5.32 Å². The highest BCUT2D eigenvalue weighted by Gasteiger charge is 2.35. The van der Waals surface area contributed by atoms with E-state index in [1.54, 1.807) is 0 Å². The standard InChI is InChI=1S/C15H28F3N3/c1-2-7-19-13-5-3-4-6-14(13)21-10-8-20(9-11-21)12-15(16,17)18/h13-14,19H,2-12H2,1H3. The molecule has 1 heterocycles. The number of nitrogens with one attached hydrogen (secondary N) is 1. The quantitative estimate of drug-likeness (QED) is 0.842. The lowest BCUT2D eigenvalue weighted by Crippen LogP contribution is -2.58. The molecule has 0 spiro atoms. The topological polar surface area (TPSA) is 18.5 Å². The highest BCUT2D eigenvalue weighted by Crippen LogP contribution is 2.25. The van der Waals surface area contributed by atoms with Gasteiger partial charge in [-0.2, -0.15) is 13.2 Å². The molecule has 0 radical (unpaired) electrons. The molecule has 0 aromatic carbocycles. The van der Waals surface area contributed by atoms with Crippen molar-refractivity contribution in [1.82, 2.24) is 15.1 Å². The van der Waals surface area contributed by atoms with E-state index in [2.05, 4.69) is 17.1 Å². The molecule has 2 aliphatic rings. The molecule has 2 fully saturated rings. The molecule has 0 aromatic heterocycles. The maximum atomic E-state index is 12.4. The molecule has 3 nitrogen and oxygen atoms in total. The van der Waals surface area contributed by atoms with Gasteiger partial charge in [0.05, 0.1) is 6.54 Å². The summed E-state index contributed by atoms with van der Waals surface area (Å²) in [6.07, 6.45) is 1.96. The van der Waals surface area contributed by atoms with Crippen molar-refractivity contribution in [2.45, 2.75) is 57.3 Å². The normalized spacial score (nSPS) is 29.7. The fraction of sp³-hybridized carbons (Fsp3) is 1.00. The Kier molecular flexibility index (Phi) is 6.32. The average Bonchev–Trinajstić information content (AvgIpc) is 2.45. The van der Waals surface area contributed by atoms with Crippen molar-refractivity contribution < 1.29 is 13.2 Å². The molecule has 2 atom stereocenters. The number of alkyl halides is 3. The van der Waals surface area contributed by atoms with Crippen molar-refractivity contribution in [3.63, 3.8) is 0 Å². The molecule has 0 amide bonds. The second-order valence-corrected chi connectivity index (χ2v) is 6.34. The van der Waals surface area contributed by atoms with Gasteiger partial charge in [-0.05, 0) is 25.8 Å². The Labute approximate surface area is 125 Å². The summed E-state index contributed by atoms with van der Waals surface area (Å²) in [4.78, 5) is 3.95. The molecule has 2 unspecified atom stereocenters. The molecule has 1 saturated carbocycles. The number of piperazine rings is 1. The average molecular weight is 307 g/mol. The molecular formula is C15H28F3N3. The van der Waals surface area contributed by atoms with Crippen molar-refractivity contribution in [3.05, 3.63) is 0 Å². The summed E-state index contributed by atoms with van der Waals surface area (Å²) in [6.45, 7) is 5.06. The highest BCUT2D eigenvalue weighted by molar-refractivity contribution is 4.90. The molecule has 0 bridgehead atoms. The number of hydrogen-bond acceptors (Lipinski definition) is 3. The van der Waals surface area contributed by atoms with Crippen LogP contribution >= 0.6 is 0 Å². The first-order valence-electron chi connectivity index (χ1n) is 8.26. The largest absolute Gasteiger partial charge is 0.401 e. The first-order chi connectivity index (χ1) is 9.99. The predicted molar refractivity (Wildman–Crippen MR) is 78.4 cm³/mol. The van der Waals surface area contributed by atoms with Gasteiger partial charge >= 0.3 is 6.18 Å². The third-order valence-corrected chi connectivity index (χ3v) is 4.66. The van der Waals surface area contributed by atoms with E-state index in [0.29, 0.717) is 25.2 Å². The third kappa shape index (κ3) is 5.42. The summed E-state index contributed by atoms with van der Waals surface area (Å²) in [6, 6.07) is 1.03. The zero-order valence-electron chi connectivity index (χ0n) is 13.0. The Morgan fingerprint density at radius 1 is 1.05 bits per heavy atom. The van der Waals surface area contributed by atoms with Crippen molar-refractivity contribution >= 4 is 0 Å². The van der Waals surface area contributed by atoms with Crippen LogP contribution in [0.4, 0.5) is 13.2 Å². The summed E-state index contributed by atoms with van der Waals surface area (Å²) < 4.78 is 37.3. The van der Waals surface area contributed by atoms with E-state index in [1.165, 1.54) is 30.6 Å². The van der Waals surface area contributed by atoms with Crippen LogP contribution in [0.15, 0.2) is 0 Å². The lowest BCUT2D eigenvalue weighted by atomic mass is 9.88. The number of nitrogens with zero attached hydrogens (tertiary/aromatic N) is 2. The van der Waals surface area contributed by atoms with E-state index in [1.807, 2.05) is 0 Å². The Balaban J connectivity index is 1.82. The summed E-state index contributed by atoms with van der Waals surface area (Å²) in [5, 5.41) is 3.63. The smallest absolute Gasteiger partial charge is 0.312 e. The van der Waals surface area contributed by atoms with Gasteiger partial charge in [0.2, 0.25) is 0 Å². The maximum Gasteiger partial charge on any atom is 0.401 e. The van der Waals surface area contributed by atoms with Gasteiger partial charge in [0, 0.05) is 38.3 Å². The predicted octanol–water partition coefficient (Wildman–Crippen LogP) is 2.48. The van der Waals surface area contributed by atoms with Crippen LogP contribution in [0.2, 0.25) is 0 Å². The molecule has 1 N–H and O–H groups in total. The van der Waals surface area contributed by atoms with Crippen LogP contribution in [-0.4, -0.2) is 67.3 Å². The first kappa shape index (κ1) is 17.0. The molecule has 1 aliphatic heterocycles. The van der Waals surface area contributed by atoms with Gasteiger partial charge in [-0.1, -0.05) is 19.8 Å². The first-order valence-corrected chi connectivity index (χ1v) is 8.26. The SMILES string of the molecule is CCCNC1CCCCC1N1CCN(CC(F)(F)F)CC1. The third-order valence-electron chi connectivity index (χ3n) is 4.66. The zero-order valence-corrected chi connectivity index (χ0v) is 13.0. The monoisotopic (exact) mass is 307 g/mol. The van der Waals surface area contributed by atoms with E-state index in [4.69, 9.17) is 0 Å². The molecule has 2 rings (SSSR count). The van der Waals surface area contributed by atoms with Crippen LogP contribution in [0, 0.1) is 0 Å². The molecule has 1 aliphatic carbocycles. The summed E-state index contributed by atoms with van der Waals surface area (Å²) >= 11 is 0. The van der Waals surface area contributed by atoms with Gasteiger partial charge in [0.25, 0.3) is 0 Å². The summed E-state index contributed by atoms with van der Waals surface area (Å²) in [5.41, 5.74) is 0. The summed E-state index contributed by atoms with van der Waals surface area (Å²) in [7, 11) is 0. The van der Waals surface area contributed by atoms with Crippen LogP contribution in [0.3, 0.4) is 0 Å². The van der Waals surface area contributed by atoms with Crippen molar-refractivity contribution in [2.24, 2.45) is 0 Å². The number of rotatable bonds is 5. The summed E-state index contributed by atoms with van der Waals surface area (Å²) in [5.74, 6) is 0. The van der Waals surface area contributed by atoms with Gasteiger partial charge in [0.1, 0.15) is 0 Å². The minimum Gasteiger partial charge on any atom is -0.312 e. The second kappa shape index (κ2) is 7.79. The van der Waals surface area contributed by atoms with E-state index >= 15 is 0 Å². The lowest BCUT2D eigenvalue weighted by Gasteiger charge is -2.44. The Bertz CT molecular complexity index is 301. The van der Waals surface area contributed by atoms with Crippen LogP contribution < -0.4 is 5.32 Å². The van der Waals surface area contributed by atoms with Crippen LogP contribution in [0.5, 0.6) is 0 Å². The van der Waals surface area contributed by atoms with Crippen LogP contribution in [0.1, 0.15) is 39.0 Å². The molecule has 6 heteroatoms. The van der Waals surface area contributed by atoms with Gasteiger partial charge in [0.15, 0.2) is 0 Å². The van der Waals surface area contributed by atoms with Crippen molar-refractivity contribution in [1.29, 1.82) is 0 Å². The minimum absolute atomic E-state index is 0.512. The Morgan fingerprint density at radius 3 is 2.33 bits per heavy atom. The van der Waals surface area contributed by atoms with E-state index in [9.17, 15) is 13.2 Å². The fourth-order valence-electron chi connectivity index (χ4n) is 3.62. The van der Waals surface area contributed by atoms with Crippen LogP contribution in [0.25, 0.3) is 0 Å². The molecule has 1 saturated heterocycles. The van der Waals surface area contributed by atoms with E-state index < -0.39 is 12.7 Å². The Hall–Kier alpha value is -0.330. The lowest BCUT2D eigenvalue weighted by molar-refractivity contribution is -0.150. The highest BCUT2D eigenvalue weighted by atomic mass is 19.4. The van der Waals surface area contributed by atoms with Gasteiger partial charge in [-0.3, -0.25) is 9.80 Å². The molecule has 21 heavy (non-hydrogen) atoms. The second-order valence-electron chi connectivity index (χ2n) is 6.34. The fourth-order valence-corrected chi connectivity index (χ4v) is 3.62. The molecular weight excluding hydrogens is 279 g/mol. The van der Waals surface area contributed by atoms with E-state index in [0.717, 1.165) is 26.1 Å².